The van der Waals surface area contributed by atoms with Crippen molar-refractivity contribution in [1.29, 1.82) is 0 Å². The molecule has 2 atom stereocenters. The number of aliphatic hydroxyl groups excluding tert-OH is 1. The van der Waals surface area contributed by atoms with Gasteiger partial charge in [-0.2, -0.15) is 5.10 Å². The van der Waals surface area contributed by atoms with Crippen LogP contribution in [0.25, 0.3) is 0 Å². The van der Waals surface area contributed by atoms with E-state index in [4.69, 9.17) is 10.8 Å². The predicted molar refractivity (Wildman–Crippen MR) is 51.1 cm³/mol. The number of hydrogen-bond donors (Lipinski definition) is 2. The van der Waals surface area contributed by atoms with Gasteiger partial charge in [-0.15, -0.1) is 0 Å². The molecule has 1 heterocycles. The normalized spacial score (nSPS) is 15.7. The van der Waals surface area contributed by atoms with Gasteiger partial charge in [-0.25, -0.2) is 0 Å². The maximum absolute atomic E-state index is 8.93. The highest BCUT2D eigenvalue weighted by Gasteiger charge is 2.06. The van der Waals surface area contributed by atoms with Crippen molar-refractivity contribution in [2.24, 2.45) is 5.73 Å². The summed E-state index contributed by atoms with van der Waals surface area (Å²) in [6.07, 6.45) is 4.03. The molecule has 1 rings (SSSR count). The summed E-state index contributed by atoms with van der Waals surface area (Å²) in [5, 5.41) is 13.0. The molecule has 0 saturated carbocycles. The third kappa shape index (κ3) is 2.82. The lowest BCUT2D eigenvalue weighted by Crippen LogP contribution is -2.25. The number of rotatable bonds is 4. The number of nitrogens with zero attached hydrogens (tertiary/aromatic N) is 2. The van der Waals surface area contributed by atoms with Crippen LogP contribution in [0.1, 0.15) is 31.7 Å². The van der Waals surface area contributed by atoms with E-state index in [0.29, 0.717) is 12.5 Å². The Morgan fingerprint density at radius 2 is 2.38 bits per heavy atom. The van der Waals surface area contributed by atoms with E-state index < -0.39 is 6.23 Å². The maximum atomic E-state index is 8.93. The molecule has 0 aromatic carbocycles. The van der Waals surface area contributed by atoms with E-state index in [2.05, 4.69) is 18.9 Å². The highest BCUT2D eigenvalue weighted by atomic mass is 16.3. The molecule has 0 radical (unpaired) electrons. The van der Waals surface area contributed by atoms with Crippen LogP contribution in [0.4, 0.5) is 0 Å². The van der Waals surface area contributed by atoms with Gasteiger partial charge in [0.25, 0.3) is 0 Å². The summed E-state index contributed by atoms with van der Waals surface area (Å²) in [5.41, 5.74) is 6.43. The molecule has 0 aliphatic carbocycles. The van der Waals surface area contributed by atoms with E-state index in [0.717, 1.165) is 6.42 Å². The first-order valence-electron chi connectivity index (χ1n) is 4.59. The fourth-order valence-electron chi connectivity index (χ4n) is 1.16. The Hall–Kier alpha value is -0.870. The molecule has 0 saturated heterocycles. The van der Waals surface area contributed by atoms with E-state index in [1.165, 1.54) is 5.56 Å². The minimum Gasteiger partial charge on any atom is -0.377 e. The second-order valence-corrected chi connectivity index (χ2v) is 3.37. The molecule has 74 valence electrons. The van der Waals surface area contributed by atoms with Gasteiger partial charge in [0.1, 0.15) is 6.23 Å². The Morgan fingerprint density at radius 3 is 2.92 bits per heavy atom. The molecule has 0 aliphatic heterocycles. The van der Waals surface area contributed by atoms with Gasteiger partial charge >= 0.3 is 0 Å². The van der Waals surface area contributed by atoms with Crippen LogP contribution in [0.15, 0.2) is 12.4 Å². The average molecular weight is 183 g/mol. The lowest BCUT2D eigenvalue weighted by molar-refractivity contribution is 0.156. The van der Waals surface area contributed by atoms with E-state index in [9.17, 15) is 0 Å². The van der Waals surface area contributed by atoms with Crippen LogP contribution < -0.4 is 5.73 Å². The SMILES string of the molecule is CCC(C)c1cnn(CC(N)O)c1. The Kier molecular flexibility index (Phi) is 3.45. The molecule has 1 aromatic heterocycles. The Balaban J connectivity index is 2.63. The fraction of sp³-hybridized carbons (Fsp3) is 0.667. The molecule has 4 nitrogen and oxygen atoms in total. The molecule has 13 heavy (non-hydrogen) atoms. The molecular formula is C9H17N3O. The summed E-state index contributed by atoms with van der Waals surface area (Å²) in [5.74, 6) is 0.517. The first-order valence-corrected chi connectivity index (χ1v) is 4.59. The van der Waals surface area contributed by atoms with Crippen molar-refractivity contribution >= 4 is 0 Å². The van der Waals surface area contributed by atoms with Gasteiger partial charge < -0.3 is 10.8 Å². The maximum Gasteiger partial charge on any atom is 0.122 e. The number of aromatic nitrogens is 2. The number of aliphatic hydroxyl groups is 1. The molecule has 4 heteroatoms. The van der Waals surface area contributed by atoms with Crippen LogP contribution in [-0.2, 0) is 6.54 Å². The van der Waals surface area contributed by atoms with E-state index >= 15 is 0 Å². The van der Waals surface area contributed by atoms with Crippen molar-refractivity contribution in [2.45, 2.75) is 39.0 Å². The zero-order chi connectivity index (χ0) is 9.84. The molecule has 3 N–H and O–H groups in total. The largest absolute Gasteiger partial charge is 0.377 e. The van der Waals surface area contributed by atoms with Crippen molar-refractivity contribution in [3.63, 3.8) is 0 Å². The monoisotopic (exact) mass is 183 g/mol. The van der Waals surface area contributed by atoms with Gasteiger partial charge in [0.2, 0.25) is 0 Å². The lowest BCUT2D eigenvalue weighted by atomic mass is 10.0. The molecule has 1 aromatic rings. The summed E-state index contributed by atoms with van der Waals surface area (Å²) in [6, 6.07) is 0. The van der Waals surface area contributed by atoms with Crippen molar-refractivity contribution < 1.29 is 5.11 Å². The van der Waals surface area contributed by atoms with Gasteiger partial charge in [0, 0.05) is 6.20 Å². The smallest absolute Gasteiger partial charge is 0.122 e. The lowest BCUT2D eigenvalue weighted by Gasteiger charge is -2.05. The summed E-state index contributed by atoms with van der Waals surface area (Å²) < 4.78 is 1.67. The van der Waals surface area contributed by atoms with Crippen LogP contribution in [0.5, 0.6) is 0 Å². The van der Waals surface area contributed by atoms with Crippen molar-refractivity contribution in [3.05, 3.63) is 18.0 Å². The van der Waals surface area contributed by atoms with Gasteiger partial charge in [-0.1, -0.05) is 13.8 Å². The third-order valence-corrected chi connectivity index (χ3v) is 2.21. The Morgan fingerprint density at radius 1 is 1.69 bits per heavy atom. The van der Waals surface area contributed by atoms with Gasteiger partial charge in [-0.3, -0.25) is 4.68 Å². The Bertz CT molecular complexity index is 257. The first kappa shape index (κ1) is 10.2. The van der Waals surface area contributed by atoms with E-state index in [-0.39, 0.29) is 0 Å². The minimum atomic E-state index is -0.829. The summed E-state index contributed by atoms with van der Waals surface area (Å²) in [4.78, 5) is 0. The molecule has 0 spiro atoms. The molecule has 0 fully saturated rings. The fourth-order valence-corrected chi connectivity index (χ4v) is 1.16. The van der Waals surface area contributed by atoms with Crippen LogP contribution in [0, 0.1) is 0 Å². The van der Waals surface area contributed by atoms with Crippen LogP contribution in [0.3, 0.4) is 0 Å². The van der Waals surface area contributed by atoms with Crippen molar-refractivity contribution in [1.82, 2.24) is 9.78 Å². The molecule has 2 unspecified atom stereocenters. The number of hydrogen-bond acceptors (Lipinski definition) is 3. The van der Waals surface area contributed by atoms with Crippen LogP contribution in [-0.4, -0.2) is 21.1 Å². The van der Waals surface area contributed by atoms with E-state index in [1.807, 2.05) is 12.4 Å². The van der Waals surface area contributed by atoms with Gasteiger partial charge in [-0.05, 0) is 17.9 Å². The highest BCUT2D eigenvalue weighted by Crippen LogP contribution is 2.16. The van der Waals surface area contributed by atoms with E-state index in [1.54, 1.807) is 4.68 Å². The highest BCUT2D eigenvalue weighted by molar-refractivity contribution is 5.09. The van der Waals surface area contributed by atoms with Crippen LogP contribution >= 0.6 is 0 Å². The standard InChI is InChI=1S/C9H17N3O/c1-3-7(2)8-4-11-12(5-8)6-9(10)13/h4-5,7,9,13H,3,6,10H2,1-2H3. The first-order chi connectivity index (χ1) is 6.13. The van der Waals surface area contributed by atoms with Gasteiger partial charge in [0.15, 0.2) is 0 Å². The zero-order valence-electron chi connectivity index (χ0n) is 8.14. The topological polar surface area (TPSA) is 64.1 Å². The third-order valence-electron chi connectivity index (χ3n) is 2.21. The second kappa shape index (κ2) is 4.39. The average Bonchev–Trinajstić information content (AvgIpc) is 2.50. The number of nitrogens with two attached hydrogens (primary N) is 1. The quantitative estimate of drug-likeness (QED) is 0.674. The zero-order valence-corrected chi connectivity index (χ0v) is 8.14. The summed E-state index contributed by atoms with van der Waals surface area (Å²) in [6.45, 7) is 4.65. The molecule has 0 bridgehead atoms. The van der Waals surface area contributed by atoms with Crippen molar-refractivity contribution in [3.8, 4) is 0 Å². The predicted octanol–water partition coefficient (Wildman–Crippen LogP) is 0.674. The summed E-state index contributed by atoms with van der Waals surface area (Å²) in [7, 11) is 0. The second-order valence-electron chi connectivity index (χ2n) is 3.37. The minimum absolute atomic E-state index is 0.358. The van der Waals surface area contributed by atoms with Gasteiger partial charge in [0.05, 0.1) is 12.7 Å². The van der Waals surface area contributed by atoms with Crippen LogP contribution in [0.2, 0.25) is 0 Å². The summed E-state index contributed by atoms with van der Waals surface area (Å²) >= 11 is 0. The Labute approximate surface area is 78.4 Å². The van der Waals surface area contributed by atoms with Crippen molar-refractivity contribution in [2.75, 3.05) is 0 Å². The molecular weight excluding hydrogens is 166 g/mol. The molecule has 0 amide bonds. The molecule has 0 aliphatic rings.